The molecule has 0 saturated carbocycles. The van der Waals surface area contributed by atoms with Gasteiger partial charge in [-0.1, -0.05) is 0 Å². The molecule has 1 fully saturated rings. The standard InChI is InChI=1S/C18H20N6O4/c1-27-16(26)13-14(12-4-2-11-28-12)21-18(22-15(13)25)24-9-7-23(8-10-24)17-19-5-3-6-20-17/h2-6,11,13-14H,7-10H2,1H3,(H,21,22,25)/t13-,14-/m1/s1. The molecule has 1 amide bonds. The molecule has 1 saturated heterocycles. The van der Waals surface area contributed by atoms with Crippen molar-refractivity contribution in [3.63, 3.8) is 0 Å². The minimum atomic E-state index is -1.08. The van der Waals surface area contributed by atoms with Crippen LogP contribution in [0.2, 0.25) is 0 Å². The van der Waals surface area contributed by atoms with Crippen molar-refractivity contribution in [1.29, 1.82) is 0 Å². The second-order valence-corrected chi connectivity index (χ2v) is 6.43. The molecular weight excluding hydrogens is 364 g/mol. The van der Waals surface area contributed by atoms with E-state index in [-0.39, 0.29) is 0 Å². The first-order valence-corrected chi connectivity index (χ1v) is 8.94. The van der Waals surface area contributed by atoms with Crippen molar-refractivity contribution in [3.8, 4) is 0 Å². The molecule has 10 nitrogen and oxygen atoms in total. The number of guanidine groups is 1. The summed E-state index contributed by atoms with van der Waals surface area (Å²) in [7, 11) is 1.25. The average molecular weight is 384 g/mol. The van der Waals surface area contributed by atoms with Gasteiger partial charge in [-0.3, -0.25) is 14.9 Å². The minimum Gasteiger partial charge on any atom is -0.468 e. The van der Waals surface area contributed by atoms with Gasteiger partial charge in [-0.15, -0.1) is 0 Å². The molecule has 2 aromatic rings. The minimum absolute atomic E-state index is 0.431. The number of hydrogen-bond acceptors (Lipinski definition) is 9. The fourth-order valence-electron chi connectivity index (χ4n) is 3.35. The van der Waals surface area contributed by atoms with E-state index in [1.54, 1.807) is 30.6 Å². The van der Waals surface area contributed by atoms with Gasteiger partial charge in [0.25, 0.3) is 0 Å². The number of anilines is 1. The lowest BCUT2D eigenvalue weighted by Crippen LogP contribution is -2.57. The Morgan fingerprint density at radius 2 is 1.89 bits per heavy atom. The molecule has 0 aromatic carbocycles. The monoisotopic (exact) mass is 384 g/mol. The molecule has 0 radical (unpaired) electrons. The molecule has 2 atom stereocenters. The Morgan fingerprint density at radius 3 is 2.54 bits per heavy atom. The lowest BCUT2D eigenvalue weighted by molar-refractivity contribution is -0.151. The molecule has 0 unspecified atom stereocenters. The van der Waals surface area contributed by atoms with Crippen LogP contribution in [-0.2, 0) is 14.3 Å². The van der Waals surface area contributed by atoms with Gasteiger partial charge in [-0.25, -0.2) is 15.0 Å². The lowest BCUT2D eigenvalue weighted by atomic mass is 9.95. The van der Waals surface area contributed by atoms with Crippen LogP contribution in [0.15, 0.2) is 46.3 Å². The van der Waals surface area contributed by atoms with Crippen LogP contribution < -0.4 is 10.2 Å². The molecule has 146 valence electrons. The fourth-order valence-corrected chi connectivity index (χ4v) is 3.35. The van der Waals surface area contributed by atoms with Crippen molar-refractivity contribution >= 4 is 23.8 Å². The summed E-state index contributed by atoms with van der Waals surface area (Å²) in [6.45, 7) is 2.63. The largest absolute Gasteiger partial charge is 0.468 e. The van der Waals surface area contributed by atoms with Crippen LogP contribution in [0.4, 0.5) is 5.95 Å². The number of esters is 1. The first-order valence-electron chi connectivity index (χ1n) is 8.94. The topological polar surface area (TPSA) is 113 Å². The van der Waals surface area contributed by atoms with E-state index in [4.69, 9.17) is 9.15 Å². The fraction of sp³-hybridized carbons (Fsp3) is 0.389. The SMILES string of the molecule is COC(=O)[C@H]1C(=O)NC(N2CCN(c3ncccn3)CC2)=N[C@@H]1c1ccco1. The number of aliphatic imine (C=N–C) groups is 1. The van der Waals surface area contributed by atoms with Crippen LogP contribution in [0.3, 0.4) is 0 Å². The van der Waals surface area contributed by atoms with Gasteiger partial charge in [0.05, 0.1) is 13.4 Å². The van der Waals surface area contributed by atoms with Gasteiger partial charge in [0.15, 0.2) is 5.92 Å². The summed E-state index contributed by atoms with van der Waals surface area (Å²) < 4.78 is 10.2. The van der Waals surface area contributed by atoms with Gasteiger partial charge < -0.3 is 19.0 Å². The third kappa shape index (κ3) is 3.40. The quantitative estimate of drug-likeness (QED) is 0.590. The van der Waals surface area contributed by atoms with Crippen molar-refractivity contribution in [1.82, 2.24) is 20.2 Å². The molecule has 4 rings (SSSR count). The van der Waals surface area contributed by atoms with E-state index in [1.165, 1.54) is 13.4 Å². The Kier molecular flexibility index (Phi) is 4.92. The summed E-state index contributed by atoms with van der Waals surface area (Å²) >= 11 is 0. The van der Waals surface area contributed by atoms with Gasteiger partial charge in [0.1, 0.15) is 11.8 Å². The smallest absolute Gasteiger partial charge is 0.320 e. The van der Waals surface area contributed by atoms with Crippen molar-refractivity contribution in [2.24, 2.45) is 10.9 Å². The van der Waals surface area contributed by atoms with Gasteiger partial charge in [0, 0.05) is 38.6 Å². The normalized spacial score (nSPS) is 22.5. The summed E-state index contributed by atoms with van der Waals surface area (Å²) in [6, 6.07) is 4.41. The van der Waals surface area contributed by atoms with E-state index in [1.807, 2.05) is 4.90 Å². The number of carbonyl (C=O) groups is 2. The predicted molar refractivity (Wildman–Crippen MR) is 98.4 cm³/mol. The lowest BCUT2D eigenvalue weighted by Gasteiger charge is -2.38. The van der Waals surface area contributed by atoms with E-state index in [9.17, 15) is 9.59 Å². The van der Waals surface area contributed by atoms with E-state index in [0.717, 1.165) is 0 Å². The molecule has 4 heterocycles. The van der Waals surface area contributed by atoms with Gasteiger partial charge >= 0.3 is 5.97 Å². The molecule has 0 bridgehead atoms. The van der Waals surface area contributed by atoms with E-state index in [2.05, 4.69) is 25.2 Å². The van der Waals surface area contributed by atoms with Crippen LogP contribution in [-0.4, -0.2) is 66.0 Å². The zero-order valence-electron chi connectivity index (χ0n) is 15.3. The van der Waals surface area contributed by atoms with Crippen molar-refractivity contribution in [3.05, 3.63) is 42.6 Å². The summed E-state index contributed by atoms with van der Waals surface area (Å²) in [5.74, 6) is -0.631. The number of hydrogen-bond donors (Lipinski definition) is 1. The number of rotatable bonds is 3. The third-order valence-electron chi connectivity index (χ3n) is 4.80. The van der Waals surface area contributed by atoms with Crippen LogP contribution >= 0.6 is 0 Å². The molecule has 2 aromatic heterocycles. The summed E-state index contributed by atoms with van der Waals surface area (Å²) in [5, 5.41) is 2.74. The number of ether oxygens (including phenoxy) is 1. The average Bonchev–Trinajstić information content (AvgIpc) is 3.28. The molecule has 0 spiro atoms. The number of furan rings is 1. The second-order valence-electron chi connectivity index (χ2n) is 6.43. The Hall–Kier alpha value is -3.43. The zero-order valence-corrected chi connectivity index (χ0v) is 15.3. The van der Waals surface area contributed by atoms with Crippen LogP contribution in [0.25, 0.3) is 0 Å². The molecule has 2 aliphatic heterocycles. The van der Waals surface area contributed by atoms with Gasteiger partial charge in [-0.2, -0.15) is 0 Å². The molecule has 1 N–H and O–H groups in total. The number of carbonyl (C=O) groups excluding carboxylic acids is 2. The summed E-state index contributed by atoms with van der Waals surface area (Å²) in [5.41, 5.74) is 0. The number of methoxy groups -OCH3 is 1. The van der Waals surface area contributed by atoms with Crippen LogP contribution in [0.1, 0.15) is 11.8 Å². The molecule has 0 aliphatic carbocycles. The van der Waals surface area contributed by atoms with Crippen molar-refractivity contribution < 1.29 is 18.7 Å². The third-order valence-corrected chi connectivity index (χ3v) is 4.80. The Morgan fingerprint density at radius 1 is 1.18 bits per heavy atom. The van der Waals surface area contributed by atoms with E-state index >= 15 is 0 Å². The van der Waals surface area contributed by atoms with Crippen molar-refractivity contribution in [2.75, 3.05) is 38.2 Å². The zero-order chi connectivity index (χ0) is 19.5. The maximum Gasteiger partial charge on any atom is 0.320 e. The van der Waals surface area contributed by atoms with Gasteiger partial charge in [0.2, 0.25) is 17.8 Å². The highest BCUT2D eigenvalue weighted by Gasteiger charge is 2.43. The highest BCUT2D eigenvalue weighted by molar-refractivity contribution is 6.08. The Labute approximate surface area is 161 Å². The number of aromatic nitrogens is 2. The maximum absolute atomic E-state index is 12.6. The molecule has 28 heavy (non-hydrogen) atoms. The summed E-state index contributed by atoms with van der Waals surface area (Å²) in [6.07, 6.45) is 4.91. The molecule has 10 heteroatoms. The number of nitrogens with zero attached hydrogens (tertiary/aromatic N) is 5. The van der Waals surface area contributed by atoms with Crippen LogP contribution in [0.5, 0.6) is 0 Å². The number of nitrogens with one attached hydrogen (secondary N) is 1. The summed E-state index contributed by atoms with van der Waals surface area (Å²) in [4.78, 5) is 42.0. The maximum atomic E-state index is 12.6. The van der Waals surface area contributed by atoms with E-state index < -0.39 is 23.8 Å². The highest BCUT2D eigenvalue weighted by atomic mass is 16.5. The molecular formula is C18H20N6O4. The second kappa shape index (κ2) is 7.67. The Balaban J connectivity index is 1.53. The van der Waals surface area contributed by atoms with Gasteiger partial charge in [-0.05, 0) is 18.2 Å². The van der Waals surface area contributed by atoms with Crippen LogP contribution in [0, 0.1) is 5.92 Å². The highest BCUT2D eigenvalue weighted by Crippen LogP contribution is 2.31. The number of amides is 1. The predicted octanol–water partition coefficient (Wildman–Crippen LogP) is 0.208. The molecule has 2 aliphatic rings. The first kappa shape index (κ1) is 18.0. The Bertz CT molecular complexity index is 861. The van der Waals surface area contributed by atoms with Crippen molar-refractivity contribution in [2.45, 2.75) is 6.04 Å². The first-order chi connectivity index (χ1) is 13.7. The number of piperazine rings is 1. The van der Waals surface area contributed by atoms with E-state index in [0.29, 0.717) is 43.8 Å².